The largest absolute Gasteiger partial charge is 0.347 e. The molecule has 1 aromatic rings. The molecule has 1 N–H and O–H groups in total. The minimum Gasteiger partial charge on any atom is -0.347 e. The van der Waals surface area contributed by atoms with Gasteiger partial charge in [0.1, 0.15) is 5.82 Å². The highest BCUT2D eigenvalue weighted by Gasteiger charge is 2.18. The predicted octanol–water partition coefficient (Wildman–Crippen LogP) is 1.35. The molecule has 0 aliphatic carbocycles. The van der Waals surface area contributed by atoms with E-state index in [1.807, 2.05) is 13.8 Å². The van der Waals surface area contributed by atoms with E-state index in [0.717, 1.165) is 5.56 Å². The number of amides is 2. The summed E-state index contributed by atoms with van der Waals surface area (Å²) in [6.07, 6.45) is 0.567. The highest BCUT2D eigenvalue weighted by atomic mass is 19.1. The average molecular weight is 266 g/mol. The van der Waals surface area contributed by atoms with E-state index in [0.29, 0.717) is 26.1 Å². The summed E-state index contributed by atoms with van der Waals surface area (Å²) in [7, 11) is 0. The van der Waals surface area contributed by atoms with Gasteiger partial charge in [-0.3, -0.25) is 9.59 Å². The second kappa shape index (κ2) is 7.51. The van der Waals surface area contributed by atoms with Crippen LogP contribution in [0.1, 0.15) is 19.4 Å². The smallest absolute Gasteiger partial charge is 0.311 e. The van der Waals surface area contributed by atoms with Gasteiger partial charge in [-0.2, -0.15) is 0 Å². The molecule has 0 spiro atoms. The first-order chi connectivity index (χ1) is 9.08. The van der Waals surface area contributed by atoms with Crippen LogP contribution in [0.25, 0.3) is 0 Å². The van der Waals surface area contributed by atoms with Gasteiger partial charge in [-0.05, 0) is 38.0 Å². The normalized spacial score (nSPS) is 10.1. The van der Waals surface area contributed by atoms with E-state index < -0.39 is 11.8 Å². The lowest BCUT2D eigenvalue weighted by Crippen LogP contribution is -2.43. The first kappa shape index (κ1) is 15.1. The molecule has 0 aliphatic rings. The third-order valence-corrected chi connectivity index (χ3v) is 2.86. The van der Waals surface area contributed by atoms with Crippen molar-refractivity contribution in [1.82, 2.24) is 10.2 Å². The molecule has 104 valence electrons. The molecule has 0 unspecified atom stereocenters. The summed E-state index contributed by atoms with van der Waals surface area (Å²) in [5.74, 6) is -1.39. The van der Waals surface area contributed by atoms with Crippen LogP contribution < -0.4 is 5.32 Å². The molecule has 0 saturated heterocycles. The molecule has 5 heteroatoms. The lowest BCUT2D eigenvalue weighted by atomic mass is 10.1. The maximum atomic E-state index is 12.7. The van der Waals surface area contributed by atoms with Gasteiger partial charge in [-0.15, -0.1) is 0 Å². The molecule has 1 rings (SSSR count). The number of carbonyl (C=O) groups excluding carboxylic acids is 2. The summed E-state index contributed by atoms with van der Waals surface area (Å²) in [6, 6.07) is 6.07. The predicted molar refractivity (Wildman–Crippen MR) is 71.0 cm³/mol. The van der Waals surface area contributed by atoms with Crippen LogP contribution in [0.5, 0.6) is 0 Å². The van der Waals surface area contributed by atoms with Gasteiger partial charge in [0.2, 0.25) is 0 Å². The zero-order chi connectivity index (χ0) is 14.3. The monoisotopic (exact) mass is 266 g/mol. The molecule has 0 bridgehead atoms. The standard InChI is InChI=1S/C14H19FN2O2/c1-3-17(4-2)14(19)13(18)16-10-9-11-5-7-12(15)8-6-11/h5-8H,3-4,9-10H2,1-2H3,(H,16,18). The topological polar surface area (TPSA) is 49.4 Å². The molecular formula is C14H19FN2O2. The van der Waals surface area contributed by atoms with Crippen molar-refractivity contribution in [3.63, 3.8) is 0 Å². The van der Waals surface area contributed by atoms with Crippen molar-refractivity contribution in [1.29, 1.82) is 0 Å². The van der Waals surface area contributed by atoms with Gasteiger partial charge in [0, 0.05) is 19.6 Å². The van der Waals surface area contributed by atoms with E-state index in [1.165, 1.54) is 17.0 Å². The fraction of sp³-hybridized carbons (Fsp3) is 0.429. The zero-order valence-electron chi connectivity index (χ0n) is 11.3. The second-order valence-corrected chi connectivity index (χ2v) is 4.11. The molecule has 4 nitrogen and oxygen atoms in total. The van der Waals surface area contributed by atoms with Gasteiger partial charge in [0.25, 0.3) is 0 Å². The zero-order valence-corrected chi connectivity index (χ0v) is 11.3. The Balaban J connectivity index is 2.38. The van der Waals surface area contributed by atoms with Gasteiger partial charge in [0.15, 0.2) is 0 Å². The van der Waals surface area contributed by atoms with Crippen LogP contribution in [0.2, 0.25) is 0 Å². The first-order valence-corrected chi connectivity index (χ1v) is 6.40. The molecule has 0 radical (unpaired) electrons. The van der Waals surface area contributed by atoms with Crippen LogP contribution in [0.4, 0.5) is 4.39 Å². The summed E-state index contributed by atoms with van der Waals surface area (Å²) in [5, 5.41) is 2.57. The molecule has 19 heavy (non-hydrogen) atoms. The Labute approximate surface area is 112 Å². The third kappa shape index (κ3) is 4.69. The van der Waals surface area contributed by atoms with E-state index in [9.17, 15) is 14.0 Å². The number of hydrogen-bond donors (Lipinski definition) is 1. The van der Waals surface area contributed by atoms with Crippen molar-refractivity contribution in [2.24, 2.45) is 0 Å². The minimum absolute atomic E-state index is 0.288. The van der Waals surface area contributed by atoms with Crippen molar-refractivity contribution in [2.45, 2.75) is 20.3 Å². The van der Waals surface area contributed by atoms with Crippen molar-refractivity contribution < 1.29 is 14.0 Å². The van der Waals surface area contributed by atoms with Gasteiger partial charge in [0.05, 0.1) is 0 Å². The van der Waals surface area contributed by atoms with Gasteiger partial charge in [-0.25, -0.2) is 4.39 Å². The first-order valence-electron chi connectivity index (χ1n) is 6.40. The summed E-state index contributed by atoms with van der Waals surface area (Å²) in [5.41, 5.74) is 0.914. The van der Waals surface area contributed by atoms with Gasteiger partial charge in [-0.1, -0.05) is 12.1 Å². The van der Waals surface area contributed by atoms with Crippen molar-refractivity contribution in [3.05, 3.63) is 35.6 Å². The third-order valence-electron chi connectivity index (χ3n) is 2.86. The van der Waals surface area contributed by atoms with Crippen molar-refractivity contribution in [3.8, 4) is 0 Å². The number of benzene rings is 1. The Bertz CT molecular complexity index is 428. The number of likely N-dealkylation sites (N-methyl/N-ethyl adjacent to an activating group) is 1. The fourth-order valence-electron chi connectivity index (χ4n) is 1.70. The lowest BCUT2D eigenvalue weighted by molar-refractivity contribution is -0.145. The van der Waals surface area contributed by atoms with E-state index in [2.05, 4.69) is 5.32 Å². The number of hydrogen-bond acceptors (Lipinski definition) is 2. The average Bonchev–Trinajstić information content (AvgIpc) is 2.42. The van der Waals surface area contributed by atoms with Crippen LogP contribution >= 0.6 is 0 Å². The van der Waals surface area contributed by atoms with E-state index in [1.54, 1.807) is 12.1 Å². The summed E-state index contributed by atoms with van der Waals surface area (Å²) < 4.78 is 12.7. The molecule has 0 atom stereocenters. The minimum atomic E-state index is -0.592. The number of rotatable bonds is 5. The number of nitrogens with zero attached hydrogens (tertiary/aromatic N) is 1. The maximum Gasteiger partial charge on any atom is 0.311 e. The Morgan fingerprint density at radius 2 is 1.74 bits per heavy atom. The molecular weight excluding hydrogens is 247 g/mol. The van der Waals surface area contributed by atoms with Gasteiger partial charge >= 0.3 is 11.8 Å². The number of nitrogens with one attached hydrogen (secondary N) is 1. The lowest BCUT2D eigenvalue weighted by Gasteiger charge is -2.17. The van der Waals surface area contributed by atoms with Gasteiger partial charge < -0.3 is 10.2 Å². The Morgan fingerprint density at radius 1 is 1.16 bits per heavy atom. The van der Waals surface area contributed by atoms with Crippen molar-refractivity contribution in [2.75, 3.05) is 19.6 Å². The van der Waals surface area contributed by atoms with E-state index in [-0.39, 0.29) is 5.82 Å². The molecule has 0 heterocycles. The molecule has 0 saturated carbocycles. The quantitative estimate of drug-likeness (QED) is 0.818. The molecule has 0 aromatic heterocycles. The van der Waals surface area contributed by atoms with Crippen LogP contribution in [0, 0.1) is 5.82 Å². The summed E-state index contributed by atoms with van der Waals surface area (Å²) >= 11 is 0. The molecule has 1 aromatic carbocycles. The molecule has 0 aliphatic heterocycles. The Hall–Kier alpha value is -1.91. The Morgan fingerprint density at radius 3 is 2.26 bits per heavy atom. The molecule has 0 fully saturated rings. The van der Waals surface area contributed by atoms with E-state index >= 15 is 0 Å². The second-order valence-electron chi connectivity index (χ2n) is 4.11. The SMILES string of the molecule is CCN(CC)C(=O)C(=O)NCCc1ccc(F)cc1. The van der Waals surface area contributed by atoms with Crippen LogP contribution in [-0.4, -0.2) is 36.3 Å². The highest BCUT2D eigenvalue weighted by Crippen LogP contribution is 2.02. The van der Waals surface area contributed by atoms with Crippen molar-refractivity contribution >= 4 is 11.8 Å². The van der Waals surface area contributed by atoms with Crippen LogP contribution in [0.15, 0.2) is 24.3 Å². The highest BCUT2D eigenvalue weighted by molar-refractivity contribution is 6.34. The van der Waals surface area contributed by atoms with Crippen LogP contribution in [-0.2, 0) is 16.0 Å². The Kier molecular flexibility index (Phi) is 5.99. The maximum absolute atomic E-state index is 12.7. The number of halogens is 1. The fourth-order valence-corrected chi connectivity index (χ4v) is 1.70. The molecule has 2 amide bonds. The summed E-state index contributed by atoms with van der Waals surface area (Å²) in [4.78, 5) is 24.7. The van der Waals surface area contributed by atoms with E-state index in [4.69, 9.17) is 0 Å². The number of carbonyl (C=O) groups is 2. The van der Waals surface area contributed by atoms with Crippen LogP contribution in [0.3, 0.4) is 0 Å². The summed E-state index contributed by atoms with van der Waals surface area (Å²) in [6.45, 7) is 5.04.